The van der Waals surface area contributed by atoms with Crippen molar-refractivity contribution in [3.63, 3.8) is 0 Å². The Kier molecular flexibility index (Phi) is 9.71. The summed E-state index contributed by atoms with van der Waals surface area (Å²) in [4.78, 5) is 26.1. The Morgan fingerprint density at radius 1 is 1.16 bits per heavy atom. The predicted molar refractivity (Wildman–Crippen MR) is 133 cm³/mol. The molecule has 1 N–H and O–H groups in total. The summed E-state index contributed by atoms with van der Waals surface area (Å²) in [5, 5.41) is 5.94. The molecule has 32 heavy (non-hydrogen) atoms. The van der Waals surface area contributed by atoms with E-state index in [1.54, 1.807) is 18.3 Å². The lowest BCUT2D eigenvalue weighted by Gasteiger charge is -2.34. The van der Waals surface area contributed by atoms with Crippen LogP contribution in [0.5, 0.6) is 11.5 Å². The molecule has 1 aliphatic heterocycles. The van der Waals surface area contributed by atoms with E-state index in [0.29, 0.717) is 22.9 Å². The van der Waals surface area contributed by atoms with Gasteiger partial charge in [-0.2, -0.15) is 0 Å². The molecule has 1 aliphatic rings. The van der Waals surface area contributed by atoms with Crippen LogP contribution in [0.2, 0.25) is 0 Å². The number of pyridine rings is 1. The number of nitrogens with one attached hydrogen (secondary N) is 1. The van der Waals surface area contributed by atoms with Gasteiger partial charge in [-0.3, -0.25) is 4.79 Å². The number of amides is 1. The summed E-state index contributed by atoms with van der Waals surface area (Å²) in [6.07, 6.45) is 1.67. The molecule has 3 heterocycles. The molecule has 0 unspecified atom stereocenters. The van der Waals surface area contributed by atoms with E-state index in [0.717, 1.165) is 43.5 Å². The fraction of sp³-hybridized carbons (Fsp3) is 0.318. The van der Waals surface area contributed by atoms with Crippen LogP contribution in [0, 0.1) is 6.92 Å². The van der Waals surface area contributed by atoms with Crippen molar-refractivity contribution >= 4 is 53.0 Å². The van der Waals surface area contributed by atoms with Crippen molar-refractivity contribution in [1.82, 2.24) is 19.8 Å². The van der Waals surface area contributed by atoms with E-state index in [1.165, 1.54) is 11.3 Å². The summed E-state index contributed by atoms with van der Waals surface area (Å²) in [7, 11) is 0. The fourth-order valence-electron chi connectivity index (χ4n) is 3.36. The quantitative estimate of drug-likeness (QED) is 0.518. The minimum atomic E-state index is 0. The first-order valence-corrected chi connectivity index (χ1v) is 10.9. The monoisotopic (exact) mass is 495 g/mol. The van der Waals surface area contributed by atoms with Gasteiger partial charge in [0.05, 0.1) is 11.3 Å². The van der Waals surface area contributed by atoms with Crippen molar-refractivity contribution < 1.29 is 9.53 Å². The molecular formula is C22H27Cl2N5O2S. The molecule has 0 saturated carbocycles. The number of likely N-dealkylation sites (N-methyl/N-ethyl adjacent to an activating group) is 1. The number of anilines is 2. The van der Waals surface area contributed by atoms with Gasteiger partial charge in [0.15, 0.2) is 5.13 Å². The van der Waals surface area contributed by atoms with Crippen LogP contribution in [-0.4, -0.2) is 58.4 Å². The van der Waals surface area contributed by atoms with Crippen molar-refractivity contribution in [1.29, 1.82) is 0 Å². The number of hydrogen-bond acceptors (Lipinski definition) is 7. The van der Waals surface area contributed by atoms with Gasteiger partial charge in [-0.05, 0) is 31.7 Å². The Morgan fingerprint density at radius 2 is 1.91 bits per heavy atom. The van der Waals surface area contributed by atoms with E-state index in [9.17, 15) is 4.79 Å². The summed E-state index contributed by atoms with van der Waals surface area (Å²) in [5.41, 5.74) is 1.53. The lowest BCUT2D eigenvalue weighted by molar-refractivity contribution is 0.0641. The second-order valence-corrected chi connectivity index (χ2v) is 7.98. The highest BCUT2D eigenvalue weighted by atomic mass is 35.5. The van der Waals surface area contributed by atoms with Crippen LogP contribution in [-0.2, 0) is 0 Å². The number of hydrogen-bond donors (Lipinski definition) is 1. The number of halogens is 2. The van der Waals surface area contributed by atoms with Gasteiger partial charge >= 0.3 is 0 Å². The van der Waals surface area contributed by atoms with Crippen molar-refractivity contribution in [2.45, 2.75) is 13.8 Å². The number of ether oxygens (including phenoxy) is 1. The molecule has 1 aromatic carbocycles. The lowest BCUT2D eigenvalue weighted by Crippen LogP contribution is -2.48. The van der Waals surface area contributed by atoms with Gasteiger partial charge in [0, 0.05) is 43.8 Å². The molecule has 172 valence electrons. The van der Waals surface area contributed by atoms with E-state index in [4.69, 9.17) is 4.74 Å². The van der Waals surface area contributed by atoms with Crippen LogP contribution in [0.4, 0.5) is 10.9 Å². The van der Waals surface area contributed by atoms with Crippen LogP contribution < -0.4 is 10.1 Å². The van der Waals surface area contributed by atoms with E-state index in [2.05, 4.69) is 27.1 Å². The van der Waals surface area contributed by atoms with Crippen LogP contribution in [0.25, 0.3) is 0 Å². The SMILES string of the molecule is CCN1CCN(C(=O)c2ccccc2Oc2ccnc(Nc3nc(C)cs3)c2)CC1.Cl.Cl. The molecule has 0 aliphatic carbocycles. The zero-order chi connectivity index (χ0) is 20.9. The van der Waals surface area contributed by atoms with Crippen LogP contribution in [0.15, 0.2) is 48.0 Å². The van der Waals surface area contributed by atoms with Crippen molar-refractivity contribution in [3.8, 4) is 11.5 Å². The largest absolute Gasteiger partial charge is 0.456 e. The Labute approximate surface area is 204 Å². The summed E-state index contributed by atoms with van der Waals surface area (Å²) < 4.78 is 6.09. The van der Waals surface area contributed by atoms with E-state index in [1.807, 2.05) is 41.5 Å². The molecule has 2 aromatic heterocycles. The zero-order valence-electron chi connectivity index (χ0n) is 18.0. The zero-order valence-corrected chi connectivity index (χ0v) is 20.4. The molecule has 3 aromatic rings. The summed E-state index contributed by atoms with van der Waals surface area (Å²) in [6.45, 7) is 8.39. The predicted octanol–water partition coefficient (Wildman–Crippen LogP) is 5.00. The molecule has 1 saturated heterocycles. The smallest absolute Gasteiger partial charge is 0.257 e. The Balaban J connectivity index is 0.00000181. The van der Waals surface area contributed by atoms with Crippen LogP contribution in [0.3, 0.4) is 0 Å². The van der Waals surface area contributed by atoms with Gasteiger partial charge in [0.25, 0.3) is 5.91 Å². The van der Waals surface area contributed by atoms with Gasteiger partial charge < -0.3 is 19.9 Å². The second-order valence-electron chi connectivity index (χ2n) is 7.12. The van der Waals surface area contributed by atoms with Crippen molar-refractivity contribution in [2.75, 3.05) is 38.0 Å². The van der Waals surface area contributed by atoms with E-state index in [-0.39, 0.29) is 30.7 Å². The number of carbonyl (C=O) groups is 1. The Bertz CT molecular complexity index is 1020. The minimum absolute atomic E-state index is 0. The average Bonchev–Trinajstić information content (AvgIpc) is 3.18. The number of thiazole rings is 1. The molecule has 1 amide bonds. The third kappa shape index (κ3) is 6.32. The molecule has 0 radical (unpaired) electrons. The highest BCUT2D eigenvalue weighted by Crippen LogP contribution is 2.29. The molecule has 1 fully saturated rings. The summed E-state index contributed by atoms with van der Waals surface area (Å²) in [6, 6.07) is 11.0. The first-order chi connectivity index (χ1) is 14.6. The van der Waals surface area contributed by atoms with Crippen LogP contribution in [0.1, 0.15) is 23.0 Å². The molecule has 4 rings (SSSR count). The number of aromatic nitrogens is 2. The number of piperazine rings is 1. The number of nitrogens with zero attached hydrogens (tertiary/aromatic N) is 4. The van der Waals surface area contributed by atoms with Gasteiger partial charge in [-0.15, -0.1) is 36.2 Å². The third-order valence-electron chi connectivity index (χ3n) is 5.04. The standard InChI is InChI=1S/C22H25N5O2S.2ClH/c1-3-26-10-12-27(13-11-26)21(28)18-6-4-5-7-19(18)29-17-8-9-23-20(14-17)25-22-24-16(2)15-30-22;;/h4-9,14-15H,3,10-13H2,1-2H3,(H,23,24,25);2*1H. The highest BCUT2D eigenvalue weighted by molar-refractivity contribution is 7.13. The molecule has 0 bridgehead atoms. The molecule has 10 heteroatoms. The maximum Gasteiger partial charge on any atom is 0.257 e. The summed E-state index contributed by atoms with van der Waals surface area (Å²) in [5.74, 6) is 1.80. The third-order valence-corrected chi connectivity index (χ3v) is 5.91. The number of benzene rings is 1. The van der Waals surface area contributed by atoms with Crippen LogP contribution >= 0.6 is 36.2 Å². The highest BCUT2D eigenvalue weighted by Gasteiger charge is 2.23. The number of carbonyl (C=O) groups excluding carboxylic acids is 1. The summed E-state index contributed by atoms with van der Waals surface area (Å²) >= 11 is 1.52. The molecular weight excluding hydrogens is 469 g/mol. The average molecular weight is 496 g/mol. The number of rotatable bonds is 6. The molecule has 0 atom stereocenters. The van der Waals surface area contributed by atoms with Gasteiger partial charge in [0.2, 0.25) is 0 Å². The second kappa shape index (κ2) is 12.0. The Morgan fingerprint density at radius 3 is 2.59 bits per heavy atom. The number of aryl methyl sites for hydroxylation is 1. The van der Waals surface area contributed by atoms with Crippen molar-refractivity contribution in [3.05, 3.63) is 59.2 Å². The van der Waals surface area contributed by atoms with E-state index < -0.39 is 0 Å². The Hall–Kier alpha value is -2.39. The van der Waals surface area contributed by atoms with E-state index >= 15 is 0 Å². The lowest BCUT2D eigenvalue weighted by atomic mass is 10.1. The maximum absolute atomic E-state index is 13.1. The number of para-hydroxylation sites is 1. The van der Waals surface area contributed by atoms with Gasteiger partial charge in [-0.25, -0.2) is 9.97 Å². The first-order valence-electron chi connectivity index (χ1n) is 10.1. The fourth-order valence-corrected chi connectivity index (χ4v) is 4.06. The van der Waals surface area contributed by atoms with Gasteiger partial charge in [0.1, 0.15) is 17.3 Å². The van der Waals surface area contributed by atoms with Gasteiger partial charge in [-0.1, -0.05) is 19.1 Å². The minimum Gasteiger partial charge on any atom is -0.456 e. The topological polar surface area (TPSA) is 70.6 Å². The van der Waals surface area contributed by atoms with Crippen molar-refractivity contribution in [2.24, 2.45) is 0 Å². The molecule has 7 nitrogen and oxygen atoms in total. The maximum atomic E-state index is 13.1. The molecule has 0 spiro atoms. The first kappa shape index (κ1) is 25.9. The normalized spacial score (nSPS) is 13.6.